The highest BCUT2D eigenvalue weighted by Gasteiger charge is 2.26. The average Bonchev–Trinajstić information content (AvgIpc) is 2.38. The van der Waals surface area contributed by atoms with Crippen LogP contribution in [0.5, 0.6) is 0 Å². The van der Waals surface area contributed by atoms with Crippen molar-refractivity contribution >= 4 is 5.97 Å². The molecule has 1 aliphatic heterocycles. The minimum absolute atomic E-state index is 0.0479. The third-order valence-corrected chi connectivity index (χ3v) is 3.72. The Morgan fingerprint density at radius 2 is 2.29 bits per heavy atom. The second kappa shape index (κ2) is 7.52. The third kappa shape index (κ3) is 5.10. The highest BCUT2D eigenvalue weighted by Crippen LogP contribution is 2.20. The molecule has 1 aromatic rings. The van der Waals surface area contributed by atoms with Crippen LogP contribution in [0.15, 0.2) is 24.3 Å². The molecule has 1 saturated heterocycles. The molecule has 0 spiro atoms. The van der Waals surface area contributed by atoms with Gasteiger partial charge in [0, 0.05) is 19.1 Å². The van der Waals surface area contributed by atoms with Gasteiger partial charge in [0.1, 0.15) is 5.82 Å². The van der Waals surface area contributed by atoms with Crippen LogP contribution < -0.4 is 5.73 Å². The summed E-state index contributed by atoms with van der Waals surface area (Å²) in [5.74, 6) is -0.0860. The van der Waals surface area contributed by atoms with E-state index in [4.69, 9.17) is 10.5 Å². The highest BCUT2D eigenvalue weighted by atomic mass is 19.1. The Bertz CT molecular complexity index is 481. The van der Waals surface area contributed by atoms with Gasteiger partial charge in [-0.3, -0.25) is 9.69 Å². The number of esters is 1. The number of piperidine rings is 1. The van der Waals surface area contributed by atoms with Crippen molar-refractivity contribution in [2.75, 3.05) is 26.2 Å². The number of rotatable bonds is 5. The van der Waals surface area contributed by atoms with Crippen LogP contribution in [-0.4, -0.2) is 43.2 Å². The molecule has 2 atom stereocenters. The standard InChI is InChI=1S/C16H23FN2O2/c1-2-21-16(20)11-19-9-13(8-15(18)10-19)6-12-4-3-5-14(17)7-12/h3-5,7,13,15H,2,6,8-11,18H2,1H3. The van der Waals surface area contributed by atoms with Crippen molar-refractivity contribution in [3.05, 3.63) is 35.6 Å². The quantitative estimate of drug-likeness (QED) is 0.838. The zero-order chi connectivity index (χ0) is 15.2. The number of hydrogen-bond donors (Lipinski definition) is 1. The minimum Gasteiger partial charge on any atom is -0.465 e. The van der Waals surface area contributed by atoms with Gasteiger partial charge in [-0.15, -0.1) is 0 Å². The van der Waals surface area contributed by atoms with Gasteiger partial charge in [-0.2, -0.15) is 0 Å². The lowest BCUT2D eigenvalue weighted by Gasteiger charge is -2.35. The molecule has 21 heavy (non-hydrogen) atoms. The fourth-order valence-corrected chi connectivity index (χ4v) is 3.01. The van der Waals surface area contributed by atoms with E-state index in [-0.39, 0.29) is 24.4 Å². The molecule has 1 heterocycles. The van der Waals surface area contributed by atoms with E-state index < -0.39 is 0 Å². The number of carbonyl (C=O) groups is 1. The molecular weight excluding hydrogens is 271 g/mol. The molecule has 2 N–H and O–H groups in total. The van der Waals surface area contributed by atoms with Crippen LogP contribution in [0.1, 0.15) is 18.9 Å². The van der Waals surface area contributed by atoms with Crippen LogP contribution in [0.4, 0.5) is 4.39 Å². The second-order valence-corrected chi connectivity index (χ2v) is 5.69. The smallest absolute Gasteiger partial charge is 0.320 e. The van der Waals surface area contributed by atoms with Gasteiger partial charge in [0.25, 0.3) is 0 Å². The molecule has 4 nitrogen and oxygen atoms in total. The molecule has 1 fully saturated rings. The summed E-state index contributed by atoms with van der Waals surface area (Å²) in [4.78, 5) is 13.6. The summed E-state index contributed by atoms with van der Waals surface area (Å²) in [6, 6.07) is 6.72. The van der Waals surface area contributed by atoms with Crippen LogP contribution in [-0.2, 0) is 16.0 Å². The van der Waals surface area contributed by atoms with Crippen LogP contribution in [0.2, 0.25) is 0 Å². The van der Waals surface area contributed by atoms with Gasteiger partial charge in [-0.05, 0) is 43.4 Å². The highest BCUT2D eigenvalue weighted by molar-refractivity contribution is 5.71. The van der Waals surface area contributed by atoms with Crippen molar-refractivity contribution in [2.45, 2.75) is 25.8 Å². The maximum atomic E-state index is 13.2. The second-order valence-electron chi connectivity index (χ2n) is 5.69. The molecule has 0 saturated carbocycles. The summed E-state index contributed by atoms with van der Waals surface area (Å²) in [5, 5.41) is 0. The van der Waals surface area contributed by atoms with Crippen molar-refractivity contribution < 1.29 is 13.9 Å². The molecule has 2 unspecified atom stereocenters. The summed E-state index contributed by atoms with van der Waals surface area (Å²) >= 11 is 0. The van der Waals surface area contributed by atoms with Gasteiger partial charge in [-0.25, -0.2) is 4.39 Å². The zero-order valence-electron chi connectivity index (χ0n) is 12.4. The first-order valence-corrected chi connectivity index (χ1v) is 7.44. The lowest BCUT2D eigenvalue weighted by atomic mass is 9.89. The fourth-order valence-electron chi connectivity index (χ4n) is 3.01. The van der Waals surface area contributed by atoms with Gasteiger partial charge in [0.05, 0.1) is 13.2 Å². The predicted octanol–water partition coefficient (Wildman–Crippen LogP) is 1.58. The first kappa shape index (κ1) is 15.9. The maximum absolute atomic E-state index is 13.2. The van der Waals surface area contributed by atoms with Gasteiger partial charge in [0.15, 0.2) is 0 Å². The number of ether oxygens (including phenoxy) is 1. The Kier molecular flexibility index (Phi) is 5.70. The lowest BCUT2D eigenvalue weighted by molar-refractivity contribution is -0.144. The molecule has 0 aliphatic carbocycles. The van der Waals surface area contributed by atoms with Crippen LogP contribution in [0.25, 0.3) is 0 Å². The Morgan fingerprint density at radius 3 is 3.00 bits per heavy atom. The van der Waals surface area contributed by atoms with Crippen molar-refractivity contribution in [1.82, 2.24) is 4.90 Å². The lowest BCUT2D eigenvalue weighted by Crippen LogP contribution is -2.49. The van der Waals surface area contributed by atoms with Crippen molar-refractivity contribution in [3.8, 4) is 0 Å². The average molecular weight is 294 g/mol. The van der Waals surface area contributed by atoms with Crippen LogP contribution >= 0.6 is 0 Å². The number of hydrogen-bond acceptors (Lipinski definition) is 4. The summed E-state index contributed by atoms with van der Waals surface area (Å²) < 4.78 is 18.2. The number of nitrogens with zero attached hydrogens (tertiary/aromatic N) is 1. The number of nitrogens with two attached hydrogens (primary N) is 1. The molecule has 5 heteroatoms. The monoisotopic (exact) mass is 294 g/mol. The van der Waals surface area contributed by atoms with E-state index in [1.807, 2.05) is 11.0 Å². The summed E-state index contributed by atoms with van der Waals surface area (Å²) in [5.41, 5.74) is 7.06. The Hall–Kier alpha value is -1.46. The molecule has 1 aromatic carbocycles. The van der Waals surface area contributed by atoms with Crippen molar-refractivity contribution in [2.24, 2.45) is 11.7 Å². The minimum atomic E-state index is -0.212. The maximum Gasteiger partial charge on any atom is 0.320 e. The topological polar surface area (TPSA) is 55.6 Å². The third-order valence-electron chi connectivity index (χ3n) is 3.72. The summed E-state index contributed by atoms with van der Waals surface area (Å²) in [6.07, 6.45) is 1.68. The molecule has 1 aliphatic rings. The van der Waals surface area contributed by atoms with E-state index in [9.17, 15) is 9.18 Å². The van der Waals surface area contributed by atoms with Crippen molar-refractivity contribution in [3.63, 3.8) is 0 Å². The van der Waals surface area contributed by atoms with E-state index in [0.29, 0.717) is 19.1 Å². The molecule has 116 valence electrons. The first-order valence-electron chi connectivity index (χ1n) is 7.44. The molecule has 0 aromatic heterocycles. The van der Waals surface area contributed by atoms with Gasteiger partial charge < -0.3 is 10.5 Å². The van der Waals surface area contributed by atoms with Crippen LogP contribution in [0.3, 0.4) is 0 Å². The molecule has 0 radical (unpaired) electrons. The Morgan fingerprint density at radius 1 is 1.48 bits per heavy atom. The Labute approximate surface area is 125 Å². The summed E-state index contributed by atoms with van der Waals surface area (Å²) in [7, 11) is 0. The number of likely N-dealkylation sites (tertiary alicyclic amines) is 1. The van der Waals surface area contributed by atoms with Gasteiger partial charge in [-0.1, -0.05) is 12.1 Å². The molecule has 0 amide bonds. The van der Waals surface area contributed by atoms with Gasteiger partial charge >= 0.3 is 5.97 Å². The Balaban J connectivity index is 1.92. The zero-order valence-corrected chi connectivity index (χ0v) is 12.4. The van der Waals surface area contributed by atoms with E-state index in [1.54, 1.807) is 19.1 Å². The van der Waals surface area contributed by atoms with Crippen molar-refractivity contribution in [1.29, 1.82) is 0 Å². The van der Waals surface area contributed by atoms with E-state index in [2.05, 4.69) is 0 Å². The summed E-state index contributed by atoms with van der Waals surface area (Å²) in [6.45, 7) is 3.97. The van der Waals surface area contributed by atoms with E-state index in [1.165, 1.54) is 6.07 Å². The van der Waals surface area contributed by atoms with E-state index in [0.717, 1.165) is 24.9 Å². The first-order chi connectivity index (χ1) is 10.1. The number of benzene rings is 1. The number of carbonyl (C=O) groups excluding carboxylic acids is 1. The predicted molar refractivity (Wildman–Crippen MR) is 79.3 cm³/mol. The van der Waals surface area contributed by atoms with E-state index >= 15 is 0 Å². The SMILES string of the molecule is CCOC(=O)CN1CC(N)CC(Cc2cccc(F)c2)C1. The molecule has 0 bridgehead atoms. The largest absolute Gasteiger partial charge is 0.465 e. The fraction of sp³-hybridized carbons (Fsp3) is 0.562. The molecular formula is C16H23FN2O2. The molecule has 2 rings (SSSR count). The van der Waals surface area contributed by atoms with Gasteiger partial charge in [0.2, 0.25) is 0 Å². The van der Waals surface area contributed by atoms with Crippen LogP contribution in [0, 0.1) is 11.7 Å². The number of halogens is 1. The normalized spacial score (nSPS) is 23.0.